The molecule has 2 aliphatic rings. The second-order valence-corrected chi connectivity index (χ2v) is 7.08. The maximum atomic E-state index is 13.0. The molecule has 0 saturated carbocycles. The van der Waals surface area contributed by atoms with Crippen molar-refractivity contribution in [2.45, 2.75) is 6.54 Å². The summed E-state index contributed by atoms with van der Waals surface area (Å²) in [5.41, 5.74) is 3.79. The number of fused-ring (bicyclic) bond motifs is 1. The number of nitrogens with zero attached hydrogens (tertiary/aromatic N) is 2. The van der Waals surface area contributed by atoms with Gasteiger partial charge in [-0.3, -0.25) is 9.78 Å². The van der Waals surface area contributed by atoms with Gasteiger partial charge in [-0.05, 0) is 35.4 Å². The molecule has 4 rings (SSSR count). The normalized spacial score (nSPS) is 15.5. The zero-order chi connectivity index (χ0) is 19.5. The van der Waals surface area contributed by atoms with E-state index in [2.05, 4.69) is 15.3 Å². The third-order valence-electron chi connectivity index (χ3n) is 4.37. The van der Waals surface area contributed by atoms with Gasteiger partial charge in [0, 0.05) is 30.1 Å². The summed E-state index contributed by atoms with van der Waals surface area (Å²) in [6, 6.07) is 13.1. The van der Waals surface area contributed by atoms with Crippen molar-refractivity contribution in [1.29, 1.82) is 0 Å². The summed E-state index contributed by atoms with van der Waals surface area (Å²) >= 11 is 6.55. The minimum atomic E-state index is -0.315. The predicted molar refractivity (Wildman–Crippen MR) is 112 cm³/mol. The Bertz CT molecular complexity index is 1130. The molecule has 0 unspecified atom stereocenters. The largest absolute Gasteiger partial charge is 0.347 e. The summed E-state index contributed by atoms with van der Waals surface area (Å²) in [5, 5.41) is 3.24. The predicted octanol–water partition coefficient (Wildman–Crippen LogP) is 3.01. The number of rotatable bonds is 4. The van der Waals surface area contributed by atoms with Crippen LogP contribution in [0.4, 0.5) is 0 Å². The molecule has 0 atom stereocenters. The summed E-state index contributed by atoms with van der Waals surface area (Å²) in [7, 11) is 0. The summed E-state index contributed by atoms with van der Waals surface area (Å²) in [6.45, 7) is 0.350. The number of pyridine rings is 1. The molecule has 0 radical (unpaired) electrons. The Labute approximate surface area is 170 Å². The number of carbonyl (C=O) groups is 1. The quantitative estimate of drug-likeness (QED) is 0.792. The van der Waals surface area contributed by atoms with Gasteiger partial charge in [0.25, 0.3) is 5.91 Å². The molecule has 28 heavy (non-hydrogen) atoms. The van der Waals surface area contributed by atoms with E-state index >= 15 is 0 Å². The molecule has 1 N–H and O–H groups in total. The molecule has 2 heterocycles. The van der Waals surface area contributed by atoms with Crippen LogP contribution in [-0.2, 0) is 22.6 Å². The summed E-state index contributed by atoms with van der Waals surface area (Å²) < 4.78 is 11.7. The number of carbonyl (C=O) groups excluding carboxylic acids is 1. The third kappa shape index (κ3) is 3.40. The lowest BCUT2D eigenvalue weighted by Gasteiger charge is -2.13. The van der Waals surface area contributed by atoms with Crippen LogP contribution >= 0.6 is 11.6 Å². The first-order chi connectivity index (χ1) is 13.7. The van der Waals surface area contributed by atoms with Crippen molar-refractivity contribution in [3.8, 4) is 0 Å². The van der Waals surface area contributed by atoms with Crippen LogP contribution in [0.2, 0.25) is 0 Å². The number of benzene rings is 1. The van der Waals surface area contributed by atoms with Gasteiger partial charge in [0.1, 0.15) is 5.71 Å². The van der Waals surface area contributed by atoms with E-state index in [1.165, 1.54) is 0 Å². The topological polar surface area (TPSA) is 71.4 Å². The highest BCUT2D eigenvalue weighted by Crippen LogP contribution is 2.37. The number of aliphatic imine (C=N–C) groups is 1. The van der Waals surface area contributed by atoms with Crippen LogP contribution in [0.3, 0.4) is 0 Å². The van der Waals surface area contributed by atoms with Crippen molar-refractivity contribution in [3.63, 3.8) is 0 Å². The zero-order valence-corrected chi connectivity index (χ0v) is 16.1. The molecule has 5 nitrogen and oxygen atoms in total. The second-order valence-electron chi connectivity index (χ2n) is 6.09. The van der Waals surface area contributed by atoms with Crippen LogP contribution < -0.4 is 5.32 Å². The van der Waals surface area contributed by atoms with Gasteiger partial charge in [-0.2, -0.15) is 0 Å². The molecule has 0 saturated heterocycles. The number of hydrogen-bond donors (Lipinski definition) is 1. The van der Waals surface area contributed by atoms with Crippen molar-refractivity contribution in [2.24, 2.45) is 4.99 Å². The Morgan fingerprint density at radius 2 is 1.79 bits per heavy atom. The molecule has 138 valence electrons. The average Bonchev–Trinajstić information content (AvgIpc) is 3.13. The highest BCUT2D eigenvalue weighted by molar-refractivity contribution is 7.68. The lowest BCUT2D eigenvalue weighted by atomic mass is 9.92. The van der Waals surface area contributed by atoms with Gasteiger partial charge in [-0.1, -0.05) is 41.9 Å². The van der Waals surface area contributed by atoms with Gasteiger partial charge < -0.3 is 5.32 Å². The summed E-state index contributed by atoms with van der Waals surface area (Å²) in [4.78, 5) is 21.8. The van der Waals surface area contributed by atoms with Crippen LogP contribution in [0, 0.1) is 0 Å². The Morgan fingerprint density at radius 1 is 1.04 bits per heavy atom. The minimum absolute atomic E-state index is 0.271. The summed E-state index contributed by atoms with van der Waals surface area (Å²) in [5.74, 6) is -0.315. The fraction of sp³-hybridized carbons (Fsp3) is 0.0476. The first kappa shape index (κ1) is 18.3. The van der Waals surface area contributed by atoms with Gasteiger partial charge in [-0.15, -0.1) is 0 Å². The van der Waals surface area contributed by atoms with Crippen LogP contribution in [0.25, 0.3) is 5.57 Å². The Morgan fingerprint density at radius 3 is 2.50 bits per heavy atom. The van der Waals surface area contributed by atoms with Crippen LogP contribution in [0.5, 0.6) is 0 Å². The molecule has 2 aromatic rings. The first-order valence-corrected chi connectivity index (χ1v) is 9.62. The molecule has 1 aromatic carbocycles. The number of aromatic nitrogens is 1. The fourth-order valence-corrected chi connectivity index (χ4v) is 3.76. The van der Waals surface area contributed by atoms with Gasteiger partial charge in [-0.25, -0.2) is 9.20 Å². The monoisotopic (exact) mass is 407 g/mol. The molecule has 1 aliphatic heterocycles. The lowest BCUT2D eigenvalue weighted by Crippen LogP contribution is -2.30. The van der Waals surface area contributed by atoms with Gasteiger partial charge in [0.2, 0.25) is 0 Å². The molecule has 0 spiro atoms. The SMILES string of the molecule is O=S=C1C(Cl)=CC=C2N=C(C(=O)NCc3ccncc3)C(c3ccccc3)=C21. The molecule has 0 bridgehead atoms. The number of hydrogen-bond acceptors (Lipinski definition) is 4. The Hall–Kier alpha value is -3.09. The van der Waals surface area contributed by atoms with Gasteiger partial charge >= 0.3 is 0 Å². The molecule has 1 aromatic heterocycles. The molecular weight excluding hydrogens is 394 g/mol. The number of allylic oxidation sites excluding steroid dienone is 4. The van der Waals surface area contributed by atoms with E-state index in [1.807, 2.05) is 42.5 Å². The maximum absolute atomic E-state index is 13.0. The standard InChI is InChI=1S/C21H14ClN3O2S/c22-15-6-7-16-18(20(15)28-27)17(14-4-2-1-3-5-14)19(25-16)21(26)24-12-13-8-10-23-11-9-13/h1-11H,12H2,(H,24,26). The maximum Gasteiger partial charge on any atom is 0.270 e. The minimum Gasteiger partial charge on any atom is -0.347 e. The van der Waals surface area contributed by atoms with E-state index in [4.69, 9.17) is 11.6 Å². The van der Waals surface area contributed by atoms with E-state index in [1.54, 1.807) is 24.5 Å². The van der Waals surface area contributed by atoms with Crippen LogP contribution in [-0.4, -0.2) is 25.7 Å². The van der Waals surface area contributed by atoms with Crippen molar-refractivity contribution in [3.05, 3.63) is 94.4 Å². The van der Waals surface area contributed by atoms with E-state index in [0.29, 0.717) is 44.5 Å². The Kier molecular flexibility index (Phi) is 5.14. The highest BCUT2D eigenvalue weighted by Gasteiger charge is 2.34. The van der Waals surface area contributed by atoms with Crippen LogP contribution in [0.1, 0.15) is 11.1 Å². The van der Waals surface area contributed by atoms with Crippen molar-refractivity contribution >= 4 is 44.9 Å². The van der Waals surface area contributed by atoms with E-state index in [-0.39, 0.29) is 11.6 Å². The second kappa shape index (κ2) is 7.88. The van der Waals surface area contributed by atoms with Crippen molar-refractivity contribution in [1.82, 2.24) is 10.3 Å². The number of amides is 1. The lowest BCUT2D eigenvalue weighted by molar-refractivity contribution is -0.114. The smallest absolute Gasteiger partial charge is 0.270 e. The van der Waals surface area contributed by atoms with Gasteiger partial charge in [0.15, 0.2) is 0 Å². The number of nitrogens with one attached hydrogen (secondary N) is 1. The molecule has 7 heteroatoms. The van der Waals surface area contributed by atoms with E-state index in [0.717, 1.165) is 11.1 Å². The third-order valence-corrected chi connectivity index (χ3v) is 5.39. The fourth-order valence-electron chi connectivity index (χ4n) is 3.07. The van der Waals surface area contributed by atoms with Crippen molar-refractivity contribution in [2.75, 3.05) is 0 Å². The molecule has 1 aliphatic carbocycles. The highest BCUT2D eigenvalue weighted by atomic mass is 35.5. The van der Waals surface area contributed by atoms with E-state index < -0.39 is 0 Å². The Balaban J connectivity index is 1.75. The molecule has 1 amide bonds. The van der Waals surface area contributed by atoms with Gasteiger partial charge in [0.05, 0.1) is 26.8 Å². The zero-order valence-electron chi connectivity index (χ0n) is 14.6. The average molecular weight is 408 g/mol. The van der Waals surface area contributed by atoms with Crippen molar-refractivity contribution < 1.29 is 9.00 Å². The summed E-state index contributed by atoms with van der Waals surface area (Å²) in [6.07, 6.45) is 6.70. The molecular formula is C21H14ClN3O2S. The molecule has 0 fully saturated rings. The first-order valence-electron chi connectivity index (χ1n) is 8.50. The van der Waals surface area contributed by atoms with Crippen LogP contribution in [0.15, 0.2) is 88.3 Å². The van der Waals surface area contributed by atoms with E-state index in [9.17, 15) is 9.00 Å². The number of halogens is 1.